The predicted octanol–water partition coefficient (Wildman–Crippen LogP) is 2.96. The smallest absolute Gasteiger partial charge is 0.143 e. The van der Waals surface area contributed by atoms with Crippen molar-refractivity contribution in [2.45, 2.75) is 12.5 Å². The molecule has 0 fully saturated rings. The number of rotatable bonds is 4. The van der Waals surface area contributed by atoms with Crippen LogP contribution in [0.15, 0.2) is 29.1 Å². The standard InChI is InChI=1S/C13H14BrF2N3/c1-17-11(12-6-19(2)7-18-12)5-8-10(15)4-3-9(14)13(8)16/h3-4,6-7,11,17H,5H2,1-2H3. The zero-order valence-corrected chi connectivity index (χ0v) is 12.2. The maximum atomic E-state index is 13.9. The molecule has 102 valence electrons. The van der Waals surface area contributed by atoms with Crippen molar-refractivity contribution in [1.29, 1.82) is 0 Å². The lowest BCUT2D eigenvalue weighted by molar-refractivity contribution is 0.508. The molecule has 1 aromatic carbocycles. The van der Waals surface area contributed by atoms with Crippen molar-refractivity contribution in [2.75, 3.05) is 7.05 Å². The summed E-state index contributed by atoms with van der Waals surface area (Å²) in [5.41, 5.74) is 0.808. The second-order valence-electron chi connectivity index (χ2n) is 4.33. The first kappa shape index (κ1) is 14.1. The molecule has 0 aliphatic heterocycles. The first-order valence-corrected chi connectivity index (χ1v) is 6.59. The molecule has 1 unspecified atom stereocenters. The molecule has 0 bridgehead atoms. The van der Waals surface area contributed by atoms with E-state index in [0.717, 1.165) is 5.69 Å². The van der Waals surface area contributed by atoms with E-state index in [9.17, 15) is 8.78 Å². The average Bonchev–Trinajstić information content (AvgIpc) is 2.81. The molecule has 1 atom stereocenters. The molecule has 2 rings (SSSR count). The Morgan fingerprint density at radius 1 is 1.42 bits per heavy atom. The Morgan fingerprint density at radius 3 is 2.74 bits per heavy atom. The Morgan fingerprint density at radius 2 is 2.16 bits per heavy atom. The normalized spacial score (nSPS) is 12.7. The summed E-state index contributed by atoms with van der Waals surface area (Å²) < 4.78 is 29.7. The van der Waals surface area contributed by atoms with Crippen LogP contribution < -0.4 is 5.32 Å². The fraction of sp³-hybridized carbons (Fsp3) is 0.308. The number of hydrogen-bond acceptors (Lipinski definition) is 2. The van der Waals surface area contributed by atoms with Crippen molar-refractivity contribution in [3.8, 4) is 0 Å². The van der Waals surface area contributed by atoms with Gasteiger partial charge in [0.15, 0.2) is 0 Å². The number of halogens is 3. The molecule has 0 saturated carbocycles. The second-order valence-corrected chi connectivity index (χ2v) is 5.19. The van der Waals surface area contributed by atoms with Crippen LogP contribution in [0.4, 0.5) is 8.78 Å². The summed E-state index contributed by atoms with van der Waals surface area (Å²) in [6, 6.07) is 2.39. The van der Waals surface area contributed by atoms with Gasteiger partial charge in [-0.3, -0.25) is 0 Å². The van der Waals surface area contributed by atoms with E-state index in [4.69, 9.17) is 0 Å². The van der Waals surface area contributed by atoms with Crippen LogP contribution in [0, 0.1) is 11.6 Å². The zero-order valence-electron chi connectivity index (χ0n) is 10.6. The molecule has 0 radical (unpaired) electrons. The van der Waals surface area contributed by atoms with Crippen LogP contribution in [-0.2, 0) is 13.5 Å². The third-order valence-electron chi connectivity index (χ3n) is 2.98. The van der Waals surface area contributed by atoms with Gasteiger partial charge < -0.3 is 9.88 Å². The van der Waals surface area contributed by atoms with E-state index in [2.05, 4.69) is 26.2 Å². The molecule has 19 heavy (non-hydrogen) atoms. The third kappa shape index (κ3) is 3.01. The highest BCUT2D eigenvalue weighted by molar-refractivity contribution is 9.10. The molecule has 1 N–H and O–H groups in total. The molecule has 0 spiro atoms. The average molecular weight is 330 g/mol. The highest BCUT2D eigenvalue weighted by Crippen LogP contribution is 2.25. The predicted molar refractivity (Wildman–Crippen MR) is 72.8 cm³/mol. The highest BCUT2D eigenvalue weighted by Gasteiger charge is 2.19. The van der Waals surface area contributed by atoms with Crippen molar-refractivity contribution in [3.05, 3.63) is 52.0 Å². The Bertz CT molecular complexity index is 583. The summed E-state index contributed by atoms with van der Waals surface area (Å²) in [7, 11) is 3.59. The lowest BCUT2D eigenvalue weighted by Crippen LogP contribution is -2.20. The minimum atomic E-state index is -0.559. The fourth-order valence-corrected chi connectivity index (χ4v) is 2.30. The Kier molecular flexibility index (Phi) is 4.31. The van der Waals surface area contributed by atoms with Gasteiger partial charge in [0.05, 0.1) is 22.5 Å². The van der Waals surface area contributed by atoms with Crippen LogP contribution in [0.2, 0.25) is 0 Å². The Labute approximate surface area is 118 Å². The minimum absolute atomic E-state index is 0.0550. The lowest BCUT2D eigenvalue weighted by atomic mass is 10.0. The summed E-state index contributed by atoms with van der Waals surface area (Å²) in [6.45, 7) is 0. The highest BCUT2D eigenvalue weighted by atomic mass is 79.9. The van der Waals surface area contributed by atoms with Crippen molar-refractivity contribution < 1.29 is 8.78 Å². The van der Waals surface area contributed by atoms with E-state index >= 15 is 0 Å². The first-order valence-electron chi connectivity index (χ1n) is 5.80. The number of nitrogens with one attached hydrogen (secondary N) is 1. The number of benzene rings is 1. The molecular weight excluding hydrogens is 316 g/mol. The monoisotopic (exact) mass is 329 g/mol. The molecule has 0 aliphatic rings. The summed E-state index contributed by atoms with van der Waals surface area (Å²) in [5, 5.41) is 3.03. The van der Waals surface area contributed by atoms with Crippen LogP contribution in [0.5, 0.6) is 0 Å². The van der Waals surface area contributed by atoms with Gasteiger partial charge in [-0.25, -0.2) is 13.8 Å². The third-order valence-corrected chi connectivity index (χ3v) is 3.59. The number of aryl methyl sites for hydroxylation is 1. The lowest BCUT2D eigenvalue weighted by Gasteiger charge is -2.15. The van der Waals surface area contributed by atoms with Gasteiger partial charge >= 0.3 is 0 Å². The molecule has 1 heterocycles. The van der Waals surface area contributed by atoms with E-state index in [1.165, 1.54) is 12.1 Å². The van der Waals surface area contributed by atoms with Gasteiger partial charge in [-0.15, -0.1) is 0 Å². The quantitative estimate of drug-likeness (QED) is 0.874. The molecule has 3 nitrogen and oxygen atoms in total. The molecule has 0 saturated heterocycles. The number of likely N-dealkylation sites (N-methyl/N-ethyl adjacent to an activating group) is 1. The van der Waals surface area contributed by atoms with Gasteiger partial charge in [0.1, 0.15) is 11.6 Å². The molecule has 0 aliphatic carbocycles. The Balaban J connectivity index is 2.31. The number of nitrogens with zero attached hydrogens (tertiary/aromatic N) is 2. The number of hydrogen-bond donors (Lipinski definition) is 1. The maximum absolute atomic E-state index is 13.9. The van der Waals surface area contributed by atoms with E-state index < -0.39 is 11.6 Å². The molecular formula is C13H14BrF2N3. The van der Waals surface area contributed by atoms with E-state index in [1.54, 1.807) is 17.9 Å². The van der Waals surface area contributed by atoms with Crippen LogP contribution in [0.3, 0.4) is 0 Å². The molecule has 0 amide bonds. The minimum Gasteiger partial charge on any atom is -0.340 e. The molecule has 2 aromatic rings. The number of imidazole rings is 1. The van der Waals surface area contributed by atoms with E-state index in [1.807, 2.05) is 13.2 Å². The maximum Gasteiger partial charge on any atom is 0.143 e. The van der Waals surface area contributed by atoms with Gasteiger partial charge in [0.2, 0.25) is 0 Å². The molecule has 1 aromatic heterocycles. The van der Waals surface area contributed by atoms with Crippen molar-refractivity contribution >= 4 is 15.9 Å². The fourth-order valence-electron chi connectivity index (χ4n) is 1.93. The Hall–Kier alpha value is -1.27. The van der Waals surface area contributed by atoms with Crippen molar-refractivity contribution in [2.24, 2.45) is 7.05 Å². The van der Waals surface area contributed by atoms with E-state index in [0.29, 0.717) is 0 Å². The van der Waals surface area contributed by atoms with Gasteiger partial charge in [-0.05, 0) is 41.5 Å². The van der Waals surface area contributed by atoms with Gasteiger partial charge in [0, 0.05) is 18.8 Å². The first-order chi connectivity index (χ1) is 9.02. The van der Waals surface area contributed by atoms with Crippen molar-refractivity contribution in [1.82, 2.24) is 14.9 Å². The largest absolute Gasteiger partial charge is 0.340 e. The van der Waals surface area contributed by atoms with Crippen LogP contribution in [0.25, 0.3) is 0 Å². The summed E-state index contributed by atoms with van der Waals surface area (Å²) in [5.74, 6) is -1.10. The van der Waals surface area contributed by atoms with Crippen molar-refractivity contribution in [3.63, 3.8) is 0 Å². The van der Waals surface area contributed by atoms with Crippen LogP contribution in [-0.4, -0.2) is 16.6 Å². The van der Waals surface area contributed by atoms with Gasteiger partial charge in [-0.1, -0.05) is 0 Å². The van der Waals surface area contributed by atoms with Crippen LogP contribution >= 0.6 is 15.9 Å². The van der Waals surface area contributed by atoms with Gasteiger partial charge in [-0.2, -0.15) is 0 Å². The summed E-state index contributed by atoms with van der Waals surface area (Å²) in [4.78, 5) is 4.21. The van der Waals surface area contributed by atoms with E-state index in [-0.39, 0.29) is 22.5 Å². The number of aromatic nitrogens is 2. The second kappa shape index (κ2) is 5.79. The van der Waals surface area contributed by atoms with Gasteiger partial charge in [0.25, 0.3) is 0 Å². The summed E-state index contributed by atoms with van der Waals surface area (Å²) in [6.07, 6.45) is 3.69. The SMILES string of the molecule is CNC(Cc1c(F)ccc(Br)c1F)c1cn(C)cn1. The molecule has 6 heteroatoms. The van der Waals surface area contributed by atoms with Crippen LogP contribution in [0.1, 0.15) is 17.3 Å². The zero-order chi connectivity index (χ0) is 14.0. The topological polar surface area (TPSA) is 29.9 Å². The summed E-state index contributed by atoms with van der Waals surface area (Å²) >= 11 is 3.07.